The average molecular weight is 350 g/mol. The number of fused-ring (bicyclic) bond motifs is 1. The molecule has 2 fully saturated rings. The minimum atomic E-state index is -0.0786. The zero-order valence-electron chi connectivity index (χ0n) is 15.0. The van der Waals surface area contributed by atoms with E-state index in [1.54, 1.807) is 0 Å². The minimum absolute atomic E-state index is 0.0442. The van der Waals surface area contributed by atoms with Crippen molar-refractivity contribution in [2.24, 2.45) is 17.3 Å². The lowest BCUT2D eigenvalue weighted by atomic mass is 9.80. The molecule has 1 aliphatic carbocycles. The fourth-order valence-corrected chi connectivity index (χ4v) is 4.84. The Bertz CT molecular complexity index is 638. The molecule has 0 bridgehead atoms. The van der Waals surface area contributed by atoms with E-state index in [4.69, 9.17) is 0 Å². The molecule has 0 aromatic carbocycles. The van der Waals surface area contributed by atoms with Crippen LogP contribution in [0.5, 0.6) is 0 Å². The van der Waals surface area contributed by atoms with E-state index >= 15 is 0 Å². The third-order valence-electron chi connectivity index (χ3n) is 5.42. The van der Waals surface area contributed by atoms with Gasteiger partial charge in [-0.15, -0.1) is 11.3 Å². The molecule has 132 valence electrons. The van der Waals surface area contributed by atoms with Crippen molar-refractivity contribution < 1.29 is 9.59 Å². The first-order valence-electron chi connectivity index (χ1n) is 8.82. The van der Waals surface area contributed by atoms with Crippen molar-refractivity contribution in [3.8, 4) is 0 Å². The van der Waals surface area contributed by atoms with Crippen molar-refractivity contribution in [2.45, 2.75) is 59.4 Å². The van der Waals surface area contributed by atoms with Crippen LogP contribution in [0.25, 0.3) is 0 Å². The van der Waals surface area contributed by atoms with Gasteiger partial charge in [0.1, 0.15) is 0 Å². The summed E-state index contributed by atoms with van der Waals surface area (Å²) in [6, 6.07) is 0.409. The van der Waals surface area contributed by atoms with E-state index < -0.39 is 0 Å². The number of aromatic nitrogens is 1. The Labute approximate surface area is 147 Å². The maximum absolute atomic E-state index is 12.8. The van der Waals surface area contributed by atoms with Gasteiger partial charge in [0.25, 0.3) is 0 Å². The van der Waals surface area contributed by atoms with Crippen molar-refractivity contribution in [3.05, 3.63) is 11.1 Å². The molecule has 1 saturated carbocycles. The molecule has 3 rings (SSSR count). The fourth-order valence-electron chi connectivity index (χ4n) is 4.12. The summed E-state index contributed by atoms with van der Waals surface area (Å²) in [6.45, 7) is 9.11. The highest BCUT2D eigenvalue weighted by atomic mass is 32.1. The largest absolute Gasteiger partial charge is 0.339 e. The van der Waals surface area contributed by atoms with E-state index in [0.717, 1.165) is 18.7 Å². The minimum Gasteiger partial charge on any atom is -0.339 e. The second kappa shape index (κ2) is 6.47. The summed E-state index contributed by atoms with van der Waals surface area (Å²) >= 11 is 1.39. The van der Waals surface area contributed by atoms with Crippen LogP contribution in [0.4, 0.5) is 5.13 Å². The molecule has 1 N–H and O–H groups in total. The summed E-state index contributed by atoms with van der Waals surface area (Å²) in [7, 11) is 0. The zero-order valence-corrected chi connectivity index (χ0v) is 15.8. The number of anilines is 1. The first-order valence-corrected chi connectivity index (χ1v) is 9.70. The molecule has 2 atom stereocenters. The maximum atomic E-state index is 12.8. The van der Waals surface area contributed by atoms with Crippen LogP contribution in [-0.4, -0.2) is 34.3 Å². The molecule has 1 aromatic heterocycles. The molecule has 0 unspecified atom stereocenters. The number of hydrogen-bond donors (Lipinski definition) is 1. The van der Waals surface area contributed by atoms with Crippen LogP contribution in [0.15, 0.2) is 5.38 Å². The normalized spacial score (nSPS) is 25.1. The molecular formula is C18H27N3O2S. The molecule has 2 amide bonds. The van der Waals surface area contributed by atoms with Gasteiger partial charge in [0.2, 0.25) is 11.8 Å². The molecule has 0 spiro atoms. The van der Waals surface area contributed by atoms with Gasteiger partial charge in [0.15, 0.2) is 5.13 Å². The molecule has 1 aliphatic heterocycles. The third-order valence-corrected chi connectivity index (χ3v) is 6.23. The number of thiazole rings is 1. The highest BCUT2D eigenvalue weighted by molar-refractivity contribution is 7.13. The number of hydrogen-bond acceptors (Lipinski definition) is 4. The lowest BCUT2D eigenvalue weighted by molar-refractivity contribution is -0.131. The van der Waals surface area contributed by atoms with Crippen molar-refractivity contribution in [1.82, 2.24) is 9.88 Å². The average Bonchev–Trinajstić information content (AvgIpc) is 3.18. The lowest BCUT2D eigenvalue weighted by Gasteiger charge is -2.23. The third kappa shape index (κ3) is 3.34. The van der Waals surface area contributed by atoms with Crippen LogP contribution < -0.4 is 5.32 Å². The van der Waals surface area contributed by atoms with Gasteiger partial charge < -0.3 is 10.2 Å². The van der Waals surface area contributed by atoms with Crippen molar-refractivity contribution in [3.63, 3.8) is 0 Å². The van der Waals surface area contributed by atoms with E-state index in [9.17, 15) is 9.59 Å². The summed E-state index contributed by atoms with van der Waals surface area (Å²) < 4.78 is 0. The van der Waals surface area contributed by atoms with Gasteiger partial charge in [-0.3, -0.25) is 9.59 Å². The summed E-state index contributed by atoms with van der Waals surface area (Å²) in [5.74, 6) is 0.685. The Morgan fingerprint density at radius 2 is 2.17 bits per heavy atom. The first-order chi connectivity index (χ1) is 11.3. The predicted octanol–water partition coefficient (Wildman–Crippen LogP) is 3.32. The van der Waals surface area contributed by atoms with E-state index in [1.807, 2.05) is 19.2 Å². The Hall–Kier alpha value is -1.43. The molecule has 2 heterocycles. The molecule has 0 radical (unpaired) electrons. The quantitative estimate of drug-likeness (QED) is 0.907. The van der Waals surface area contributed by atoms with Crippen LogP contribution in [-0.2, 0) is 16.0 Å². The number of amides is 2. The Morgan fingerprint density at radius 3 is 2.88 bits per heavy atom. The lowest BCUT2D eigenvalue weighted by Crippen LogP contribution is -2.37. The van der Waals surface area contributed by atoms with E-state index in [1.165, 1.54) is 24.2 Å². The van der Waals surface area contributed by atoms with E-state index in [2.05, 4.69) is 29.0 Å². The smallest absolute Gasteiger partial charge is 0.228 e. The Balaban J connectivity index is 1.63. The Kier molecular flexibility index (Phi) is 4.69. The molecule has 2 aliphatic rings. The van der Waals surface area contributed by atoms with Crippen LogP contribution in [0, 0.1) is 17.3 Å². The van der Waals surface area contributed by atoms with Crippen LogP contribution in [0.3, 0.4) is 0 Å². The van der Waals surface area contributed by atoms with Crippen LogP contribution in [0.1, 0.15) is 52.7 Å². The molecule has 5 nitrogen and oxygen atoms in total. The number of carbonyl (C=O) groups is 2. The van der Waals surface area contributed by atoms with E-state index in [0.29, 0.717) is 23.5 Å². The monoisotopic (exact) mass is 349 g/mol. The van der Waals surface area contributed by atoms with E-state index in [-0.39, 0.29) is 23.1 Å². The molecule has 1 saturated heterocycles. The standard InChI is InChI=1S/C18H27N3O2S/c1-11(2)16(23)20-17-19-12(9-24-17)8-15(22)21-10-18(3,4)13-6-5-7-14(13)21/h9,11,13-14H,5-8,10H2,1-4H3,(H,19,20,23)/t13-,14+/m1/s1. The second-order valence-electron chi connectivity index (χ2n) is 8.08. The van der Waals surface area contributed by atoms with Crippen molar-refractivity contribution in [1.29, 1.82) is 0 Å². The topological polar surface area (TPSA) is 62.3 Å². The molecule has 1 aromatic rings. The number of likely N-dealkylation sites (tertiary alicyclic amines) is 1. The summed E-state index contributed by atoms with van der Waals surface area (Å²) in [6.07, 6.45) is 3.92. The predicted molar refractivity (Wildman–Crippen MR) is 95.9 cm³/mol. The van der Waals surface area contributed by atoms with Gasteiger partial charge in [-0.05, 0) is 24.2 Å². The molecule has 6 heteroatoms. The van der Waals surface area contributed by atoms with Gasteiger partial charge in [-0.1, -0.05) is 34.1 Å². The van der Waals surface area contributed by atoms with Crippen molar-refractivity contribution >= 4 is 28.3 Å². The van der Waals surface area contributed by atoms with Crippen LogP contribution >= 0.6 is 11.3 Å². The summed E-state index contributed by atoms with van der Waals surface area (Å²) in [4.78, 5) is 31.0. The number of carbonyl (C=O) groups excluding carboxylic acids is 2. The van der Waals surface area contributed by atoms with Gasteiger partial charge in [0, 0.05) is 23.9 Å². The molecular weight excluding hydrogens is 322 g/mol. The second-order valence-corrected chi connectivity index (χ2v) is 8.94. The fraction of sp³-hybridized carbons (Fsp3) is 0.722. The Morgan fingerprint density at radius 1 is 1.42 bits per heavy atom. The number of nitrogens with zero attached hydrogens (tertiary/aromatic N) is 2. The maximum Gasteiger partial charge on any atom is 0.228 e. The molecule has 24 heavy (non-hydrogen) atoms. The van der Waals surface area contributed by atoms with Crippen molar-refractivity contribution in [2.75, 3.05) is 11.9 Å². The highest BCUT2D eigenvalue weighted by Crippen LogP contribution is 2.48. The zero-order chi connectivity index (χ0) is 17.5. The van der Waals surface area contributed by atoms with Crippen LogP contribution in [0.2, 0.25) is 0 Å². The van der Waals surface area contributed by atoms with Gasteiger partial charge in [-0.2, -0.15) is 0 Å². The first kappa shape index (κ1) is 17.4. The van der Waals surface area contributed by atoms with Gasteiger partial charge in [-0.25, -0.2) is 4.98 Å². The highest BCUT2D eigenvalue weighted by Gasteiger charge is 2.50. The summed E-state index contributed by atoms with van der Waals surface area (Å²) in [5, 5.41) is 5.25. The number of nitrogens with one attached hydrogen (secondary N) is 1. The van der Waals surface area contributed by atoms with Gasteiger partial charge >= 0.3 is 0 Å². The number of rotatable bonds is 4. The summed E-state index contributed by atoms with van der Waals surface area (Å²) in [5.41, 5.74) is 0.971. The SMILES string of the molecule is CC(C)C(=O)Nc1nc(CC(=O)N2CC(C)(C)[C@@H]3CCC[C@@H]32)cs1. The van der Waals surface area contributed by atoms with Gasteiger partial charge in [0.05, 0.1) is 12.1 Å².